The molecule has 1 aromatic carbocycles. The zero-order valence-electron chi connectivity index (χ0n) is 12.6. The third kappa shape index (κ3) is 2.38. The lowest BCUT2D eigenvalue weighted by atomic mass is 9.63. The second-order valence-electron chi connectivity index (χ2n) is 6.38. The molecule has 1 aliphatic heterocycles. The fourth-order valence-electron chi connectivity index (χ4n) is 3.65. The van der Waals surface area contributed by atoms with Crippen molar-refractivity contribution in [2.75, 3.05) is 13.1 Å². The van der Waals surface area contributed by atoms with Gasteiger partial charge in [-0.2, -0.15) is 0 Å². The molecule has 1 heterocycles. The number of benzene rings is 1. The Labute approximate surface area is 129 Å². The van der Waals surface area contributed by atoms with E-state index in [1.54, 1.807) is 23.1 Å². The van der Waals surface area contributed by atoms with E-state index in [1.165, 1.54) is 6.07 Å². The van der Waals surface area contributed by atoms with Crippen LogP contribution in [0.1, 0.15) is 37.7 Å². The zero-order chi connectivity index (χ0) is 15.7. The molecule has 1 saturated carbocycles. The highest BCUT2D eigenvalue weighted by Gasteiger charge is 2.49. The average Bonchev–Trinajstić information content (AvgIpc) is 2.48. The third-order valence-corrected chi connectivity index (χ3v) is 5.19. The molecule has 0 aromatic heterocycles. The standard InChI is InChI=1S/C17H21FN2O2/c18-14-5-2-1-4-13(14)17(8-3-9-17)16(22)20-10-6-12(7-11-20)15(19)21/h1-2,4-5,12H,3,6-11H2,(H2,19,21). The van der Waals surface area contributed by atoms with Gasteiger partial charge in [0.2, 0.25) is 11.8 Å². The summed E-state index contributed by atoms with van der Waals surface area (Å²) in [6, 6.07) is 6.57. The van der Waals surface area contributed by atoms with Crippen LogP contribution in [0.15, 0.2) is 24.3 Å². The lowest BCUT2D eigenvalue weighted by Crippen LogP contribution is -2.54. The van der Waals surface area contributed by atoms with Crippen molar-refractivity contribution in [2.45, 2.75) is 37.5 Å². The van der Waals surface area contributed by atoms with Crippen LogP contribution in [0, 0.1) is 11.7 Å². The molecule has 22 heavy (non-hydrogen) atoms. The first-order chi connectivity index (χ1) is 10.5. The highest BCUT2D eigenvalue weighted by molar-refractivity contribution is 5.89. The molecule has 3 rings (SSSR count). The fourth-order valence-corrected chi connectivity index (χ4v) is 3.65. The highest BCUT2D eigenvalue weighted by atomic mass is 19.1. The maximum absolute atomic E-state index is 14.2. The molecule has 0 unspecified atom stereocenters. The van der Waals surface area contributed by atoms with Gasteiger partial charge in [-0.1, -0.05) is 24.6 Å². The first kappa shape index (κ1) is 15.0. The molecule has 2 fully saturated rings. The molecular formula is C17H21FN2O2. The van der Waals surface area contributed by atoms with Gasteiger partial charge < -0.3 is 10.6 Å². The Morgan fingerprint density at radius 3 is 2.32 bits per heavy atom. The van der Waals surface area contributed by atoms with Crippen molar-refractivity contribution in [1.29, 1.82) is 0 Å². The average molecular weight is 304 g/mol. The molecule has 1 aliphatic carbocycles. The summed E-state index contributed by atoms with van der Waals surface area (Å²) < 4.78 is 14.2. The number of hydrogen-bond donors (Lipinski definition) is 1. The van der Waals surface area contributed by atoms with Crippen molar-refractivity contribution in [2.24, 2.45) is 11.7 Å². The molecular weight excluding hydrogens is 283 g/mol. The second-order valence-corrected chi connectivity index (χ2v) is 6.38. The monoisotopic (exact) mass is 304 g/mol. The number of halogens is 1. The van der Waals surface area contributed by atoms with E-state index in [4.69, 9.17) is 5.73 Å². The lowest BCUT2D eigenvalue weighted by molar-refractivity contribution is -0.143. The van der Waals surface area contributed by atoms with Crippen molar-refractivity contribution in [3.8, 4) is 0 Å². The van der Waals surface area contributed by atoms with E-state index in [0.717, 1.165) is 6.42 Å². The summed E-state index contributed by atoms with van der Waals surface area (Å²) in [5.74, 6) is -0.733. The number of nitrogens with two attached hydrogens (primary N) is 1. The summed E-state index contributed by atoms with van der Waals surface area (Å²) in [6.07, 6.45) is 3.55. The Hall–Kier alpha value is -1.91. The van der Waals surface area contributed by atoms with Gasteiger partial charge in [-0.15, -0.1) is 0 Å². The van der Waals surface area contributed by atoms with Crippen LogP contribution in [0.4, 0.5) is 4.39 Å². The zero-order valence-corrected chi connectivity index (χ0v) is 12.6. The number of piperidine rings is 1. The van der Waals surface area contributed by atoms with Crippen molar-refractivity contribution in [3.05, 3.63) is 35.6 Å². The van der Waals surface area contributed by atoms with Crippen LogP contribution in [0.2, 0.25) is 0 Å². The molecule has 0 radical (unpaired) electrons. The minimum absolute atomic E-state index is 0.00627. The SMILES string of the molecule is NC(=O)C1CCN(C(=O)C2(c3ccccc3F)CCC2)CC1. The molecule has 118 valence electrons. The van der Waals surface area contributed by atoms with Crippen LogP contribution in [0.5, 0.6) is 0 Å². The van der Waals surface area contributed by atoms with Crippen LogP contribution in [0.3, 0.4) is 0 Å². The van der Waals surface area contributed by atoms with Gasteiger partial charge >= 0.3 is 0 Å². The maximum Gasteiger partial charge on any atom is 0.233 e. The molecule has 0 atom stereocenters. The minimum Gasteiger partial charge on any atom is -0.369 e. The maximum atomic E-state index is 14.2. The first-order valence-electron chi connectivity index (χ1n) is 7.88. The molecule has 1 saturated heterocycles. The van der Waals surface area contributed by atoms with Crippen LogP contribution in [0.25, 0.3) is 0 Å². The Morgan fingerprint density at radius 1 is 1.18 bits per heavy atom. The smallest absolute Gasteiger partial charge is 0.233 e. The number of primary amides is 1. The number of hydrogen-bond acceptors (Lipinski definition) is 2. The van der Waals surface area contributed by atoms with Gasteiger partial charge in [0, 0.05) is 24.6 Å². The predicted octanol–water partition coefficient (Wildman–Crippen LogP) is 1.97. The number of carbonyl (C=O) groups excluding carboxylic acids is 2. The first-order valence-corrected chi connectivity index (χ1v) is 7.88. The summed E-state index contributed by atoms with van der Waals surface area (Å²) in [4.78, 5) is 26.0. The third-order valence-electron chi connectivity index (χ3n) is 5.19. The van der Waals surface area contributed by atoms with Crippen molar-refractivity contribution < 1.29 is 14.0 Å². The van der Waals surface area contributed by atoms with Crippen molar-refractivity contribution in [3.63, 3.8) is 0 Å². The van der Waals surface area contributed by atoms with Crippen LogP contribution < -0.4 is 5.73 Å². The van der Waals surface area contributed by atoms with Gasteiger partial charge in [0.15, 0.2) is 0 Å². The highest BCUT2D eigenvalue weighted by Crippen LogP contribution is 2.46. The molecule has 4 nitrogen and oxygen atoms in total. The van der Waals surface area contributed by atoms with Gasteiger partial charge in [-0.05, 0) is 31.7 Å². The summed E-state index contributed by atoms with van der Waals surface area (Å²) >= 11 is 0. The van der Waals surface area contributed by atoms with Crippen molar-refractivity contribution >= 4 is 11.8 Å². The van der Waals surface area contributed by atoms with Crippen molar-refractivity contribution in [1.82, 2.24) is 4.90 Å². The van der Waals surface area contributed by atoms with E-state index < -0.39 is 5.41 Å². The van der Waals surface area contributed by atoms with Gasteiger partial charge in [-0.25, -0.2) is 4.39 Å². The molecule has 0 bridgehead atoms. The second kappa shape index (κ2) is 5.71. The molecule has 5 heteroatoms. The molecule has 2 N–H and O–H groups in total. The van der Waals surface area contributed by atoms with E-state index in [2.05, 4.69) is 0 Å². The Bertz CT molecular complexity index is 590. The van der Waals surface area contributed by atoms with E-state index >= 15 is 0 Å². The Balaban J connectivity index is 1.79. The predicted molar refractivity (Wildman–Crippen MR) is 80.4 cm³/mol. The van der Waals surface area contributed by atoms with Crippen LogP contribution in [-0.4, -0.2) is 29.8 Å². The number of carbonyl (C=O) groups is 2. The molecule has 0 spiro atoms. The van der Waals surface area contributed by atoms with Gasteiger partial charge in [0.05, 0.1) is 5.41 Å². The van der Waals surface area contributed by atoms with Crippen LogP contribution >= 0.6 is 0 Å². The van der Waals surface area contributed by atoms with E-state index in [1.807, 2.05) is 0 Å². The largest absolute Gasteiger partial charge is 0.369 e. The molecule has 2 aliphatic rings. The minimum atomic E-state index is -0.703. The number of nitrogens with zero attached hydrogens (tertiary/aromatic N) is 1. The topological polar surface area (TPSA) is 63.4 Å². The quantitative estimate of drug-likeness (QED) is 0.928. The van der Waals surface area contributed by atoms with E-state index in [9.17, 15) is 14.0 Å². The normalized spacial score (nSPS) is 21.2. The van der Waals surface area contributed by atoms with Gasteiger partial charge in [-0.3, -0.25) is 9.59 Å². The fraction of sp³-hybridized carbons (Fsp3) is 0.529. The number of rotatable bonds is 3. The lowest BCUT2D eigenvalue weighted by Gasteiger charge is -2.45. The van der Waals surface area contributed by atoms with Gasteiger partial charge in [0.1, 0.15) is 5.82 Å². The Kier molecular flexibility index (Phi) is 3.89. The molecule has 2 amide bonds. The Morgan fingerprint density at radius 2 is 1.82 bits per heavy atom. The molecule has 1 aromatic rings. The summed E-state index contributed by atoms with van der Waals surface area (Å²) in [7, 11) is 0. The van der Waals surface area contributed by atoms with E-state index in [0.29, 0.717) is 44.3 Å². The summed E-state index contributed by atoms with van der Waals surface area (Å²) in [5.41, 5.74) is 5.14. The summed E-state index contributed by atoms with van der Waals surface area (Å²) in [6.45, 7) is 1.06. The summed E-state index contributed by atoms with van der Waals surface area (Å²) in [5, 5.41) is 0. The number of amides is 2. The number of likely N-dealkylation sites (tertiary alicyclic amines) is 1. The van der Waals surface area contributed by atoms with Crippen LogP contribution in [-0.2, 0) is 15.0 Å². The van der Waals surface area contributed by atoms with E-state index in [-0.39, 0.29) is 23.5 Å². The van der Waals surface area contributed by atoms with Gasteiger partial charge in [0.25, 0.3) is 0 Å².